The summed E-state index contributed by atoms with van der Waals surface area (Å²) in [6, 6.07) is 10.9. The molecule has 1 aromatic rings. The van der Waals surface area contributed by atoms with Crippen LogP contribution in [0.3, 0.4) is 0 Å². The lowest BCUT2D eigenvalue weighted by molar-refractivity contribution is -0.131. The number of unbranched alkanes of at least 4 members (excludes halogenated alkanes) is 3. The molecule has 2 rings (SSSR count). The van der Waals surface area contributed by atoms with E-state index in [0.29, 0.717) is 24.3 Å². The largest absolute Gasteiger partial charge is 0.339 e. The number of hydrogen-bond acceptors (Lipinski definition) is 2. The van der Waals surface area contributed by atoms with Crippen LogP contribution in [0.1, 0.15) is 56.9 Å². The van der Waals surface area contributed by atoms with Gasteiger partial charge in [0.15, 0.2) is 0 Å². The van der Waals surface area contributed by atoms with Crippen molar-refractivity contribution < 1.29 is 4.79 Å². The van der Waals surface area contributed by atoms with E-state index in [-0.39, 0.29) is 0 Å². The summed E-state index contributed by atoms with van der Waals surface area (Å²) in [5.41, 5.74) is 6.85. The Bertz CT molecular complexity index is 432. The molecule has 116 valence electrons. The van der Waals surface area contributed by atoms with E-state index in [1.165, 1.54) is 5.56 Å². The summed E-state index contributed by atoms with van der Waals surface area (Å²) < 4.78 is 0. The smallest absolute Gasteiger partial charge is 0.222 e. The van der Waals surface area contributed by atoms with Crippen LogP contribution in [-0.4, -0.2) is 29.9 Å². The van der Waals surface area contributed by atoms with Crippen molar-refractivity contribution >= 4 is 5.91 Å². The summed E-state index contributed by atoms with van der Waals surface area (Å²) in [5.74, 6) is 0.820. The molecular weight excluding hydrogens is 260 g/mol. The van der Waals surface area contributed by atoms with Gasteiger partial charge in [-0.3, -0.25) is 4.79 Å². The molecule has 2 unspecified atom stereocenters. The van der Waals surface area contributed by atoms with E-state index in [2.05, 4.69) is 36.1 Å². The fourth-order valence-corrected chi connectivity index (χ4v) is 3.36. The van der Waals surface area contributed by atoms with Gasteiger partial charge in [0, 0.05) is 24.9 Å². The number of amides is 1. The normalized spacial score (nSPS) is 21.7. The average Bonchev–Trinajstić information content (AvgIpc) is 2.89. The highest BCUT2D eigenvalue weighted by Crippen LogP contribution is 2.33. The molecule has 2 atom stereocenters. The highest BCUT2D eigenvalue weighted by atomic mass is 16.2. The van der Waals surface area contributed by atoms with Crippen LogP contribution in [-0.2, 0) is 4.79 Å². The molecule has 1 heterocycles. The van der Waals surface area contributed by atoms with E-state index in [9.17, 15) is 4.79 Å². The summed E-state index contributed by atoms with van der Waals surface area (Å²) in [6.07, 6.45) is 6.11. The minimum absolute atomic E-state index is 0.323. The number of nitrogens with zero attached hydrogens (tertiary/aromatic N) is 1. The van der Waals surface area contributed by atoms with Gasteiger partial charge in [0.25, 0.3) is 0 Å². The molecule has 3 nitrogen and oxygen atoms in total. The van der Waals surface area contributed by atoms with Gasteiger partial charge in [-0.25, -0.2) is 0 Å². The van der Waals surface area contributed by atoms with Crippen molar-refractivity contribution in [2.45, 2.75) is 57.4 Å². The molecule has 3 heteroatoms. The predicted molar refractivity (Wildman–Crippen MR) is 87.1 cm³/mol. The molecule has 1 aliphatic heterocycles. The Morgan fingerprint density at radius 3 is 2.62 bits per heavy atom. The van der Waals surface area contributed by atoms with E-state index in [1.807, 2.05) is 6.07 Å². The Labute approximate surface area is 128 Å². The van der Waals surface area contributed by atoms with Crippen molar-refractivity contribution in [3.8, 4) is 0 Å². The van der Waals surface area contributed by atoms with Crippen molar-refractivity contribution in [1.82, 2.24) is 4.90 Å². The highest BCUT2D eigenvalue weighted by Gasteiger charge is 2.33. The van der Waals surface area contributed by atoms with Crippen LogP contribution in [0.15, 0.2) is 30.3 Å². The van der Waals surface area contributed by atoms with Gasteiger partial charge in [-0.05, 0) is 38.3 Å². The first kappa shape index (κ1) is 16.0. The zero-order valence-electron chi connectivity index (χ0n) is 13.1. The molecular formula is C18H28N2O. The number of hydrogen-bond donors (Lipinski definition) is 1. The standard InChI is InChI=1S/C18H28N2O/c1-15-17(16-9-5-4-6-10-16)12-14-20(15)18(21)11-7-2-3-8-13-19/h4-6,9-10,15,17H,2-3,7-8,11-14,19H2,1H3. The first-order valence-corrected chi connectivity index (χ1v) is 8.28. The molecule has 1 aromatic carbocycles. The van der Waals surface area contributed by atoms with E-state index < -0.39 is 0 Å². The fourth-order valence-electron chi connectivity index (χ4n) is 3.36. The maximum atomic E-state index is 12.4. The monoisotopic (exact) mass is 288 g/mol. The number of carbonyl (C=O) groups excluding carboxylic acids is 1. The molecule has 1 aliphatic rings. The van der Waals surface area contributed by atoms with Gasteiger partial charge in [-0.15, -0.1) is 0 Å². The SMILES string of the molecule is CC1C(c2ccccc2)CCN1C(=O)CCCCCCN. The van der Waals surface area contributed by atoms with Crippen molar-refractivity contribution in [3.05, 3.63) is 35.9 Å². The van der Waals surface area contributed by atoms with Gasteiger partial charge in [0.05, 0.1) is 0 Å². The molecule has 1 amide bonds. The minimum atomic E-state index is 0.323. The van der Waals surface area contributed by atoms with Gasteiger partial charge in [0.2, 0.25) is 5.91 Å². The molecule has 1 saturated heterocycles. The molecule has 0 saturated carbocycles. The van der Waals surface area contributed by atoms with Gasteiger partial charge < -0.3 is 10.6 Å². The summed E-state index contributed by atoms with van der Waals surface area (Å²) in [6.45, 7) is 3.86. The maximum Gasteiger partial charge on any atom is 0.222 e. The zero-order chi connectivity index (χ0) is 15.1. The van der Waals surface area contributed by atoms with Crippen LogP contribution in [0.5, 0.6) is 0 Å². The lowest BCUT2D eigenvalue weighted by Crippen LogP contribution is -2.35. The van der Waals surface area contributed by atoms with Crippen molar-refractivity contribution in [3.63, 3.8) is 0 Å². The highest BCUT2D eigenvalue weighted by molar-refractivity contribution is 5.77. The topological polar surface area (TPSA) is 46.3 Å². The molecule has 2 N–H and O–H groups in total. The second kappa shape index (κ2) is 8.18. The lowest BCUT2D eigenvalue weighted by atomic mass is 9.93. The number of carbonyl (C=O) groups is 1. The van der Waals surface area contributed by atoms with Crippen LogP contribution in [0.4, 0.5) is 0 Å². The first-order valence-electron chi connectivity index (χ1n) is 8.28. The average molecular weight is 288 g/mol. The Morgan fingerprint density at radius 1 is 1.19 bits per heavy atom. The third-order valence-electron chi connectivity index (χ3n) is 4.65. The number of benzene rings is 1. The second-order valence-electron chi connectivity index (χ2n) is 6.09. The minimum Gasteiger partial charge on any atom is -0.339 e. The van der Waals surface area contributed by atoms with E-state index >= 15 is 0 Å². The summed E-state index contributed by atoms with van der Waals surface area (Å²) in [5, 5.41) is 0. The fraction of sp³-hybridized carbons (Fsp3) is 0.611. The number of rotatable bonds is 7. The molecule has 21 heavy (non-hydrogen) atoms. The molecule has 1 fully saturated rings. The summed E-state index contributed by atoms with van der Waals surface area (Å²) in [4.78, 5) is 14.5. The molecule has 0 aromatic heterocycles. The first-order chi connectivity index (χ1) is 10.2. The summed E-state index contributed by atoms with van der Waals surface area (Å²) >= 11 is 0. The maximum absolute atomic E-state index is 12.4. The van der Waals surface area contributed by atoms with Gasteiger partial charge in [-0.2, -0.15) is 0 Å². The second-order valence-corrected chi connectivity index (χ2v) is 6.09. The van der Waals surface area contributed by atoms with E-state index in [4.69, 9.17) is 5.73 Å². The molecule has 0 spiro atoms. The number of nitrogens with two attached hydrogens (primary N) is 1. The van der Waals surface area contributed by atoms with Gasteiger partial charge in [-0.1, -0.05) is 43.2 Å². The Balaban J connectivity index is 1.81. The van der Waals surface area contributed by atoms with Gasteiger partial charge >= 0.3 is 0 Å². The molecule has 0 bridgehead atoms. The van der Waals surface area contributed by atoms with E-state index in [1.54, 1.807) is 0 Å². The van der Waals surface area contributed by atoms with E-state index in [0.717, 1.165) is 45.2 Å². The lowest BCUT2D eigenvalue weighted by Gasteiger charge is -2.25. The van der Waals surface area contributed by atoms with Crippen LogP contribution < -0.4 is 5.73 Å². The third-order valence-corrected chi connectivity index (χ3v) is 4.65. The van der Waals surface area contributed by atoms with Crippen LogP contribution in [0, 0.1) is 0 Å². The van der Waals surface area contributed by atoms with Gasteiger partial charge in [0.1, 0.15) is 0 Å². The number of likely N-dealkylation sites (tertiary alicyclic amines) is 1. The van der Waals surface area contributed by atoms with Crippen molar-refractivity contribution in [2.75, 3.05) is 13.1 Å². The Morgan fingerprint density at radius 2 is 1.90 bits per heavy atom. The molecule has 0 aliphatic carbocycles. The van der Waals surface area contributed by atoms with Crippen LogP contribution in [0.2, 0.25) is 0 Å². The van der Waals surface area contributed by atoms with Crippen LogP contribution >= 0.6 is 0 Å². The summed E-state index contributed by atoms with van der Waals surface area (Å²) in [7, 11) is 0. The zero-order valence-corrected chi connectivity index (χ0v) is 13.1. The Hall–Kier alpha value is -1.35. The van der Waals surface area contributed by atoms with Crippen molar-refractivity contribution in [2.24, 2.45) is 5.73 Å². The molecule has 0 radical (unpaired) electrons. The predicted octanol–water partition coefficient (Wildman–Crippen LogP) is 3.30. The van der Waals surface area contributed by atoms with Crippen LogP contribution in [0.25, 0.3) is 0 Å². The third kappa shape index (κ3) is 4.31. The quantitative estimate of drug-likeness (QED) is 0.783. The Kier molecular flexibility index (Phi) is 6.24. The van der Waals surface area contributed by atoms with Crippen molar-refractivity contribution in [1.29, 1.82) is 0 Å².